The maximum absolute atomic E-state index is 4.74. The maximum Gasteiger partial charge on any atom is 0.131 e. The molecule has 0 aromatic carbocycles. The summed E-state index contributed by atoms with van der Waals surface area (Å²) in [4.78, 5) is 9.15. The van der Waals surface area contributed by atoms with Crippen molar-refractivity contribution in [1.29, 1.82) is 0 Å². The first-order valence-electron chi connectivity index (χ1n) is 6.10. The lowest BCUT2D eigenvalue weighted by Gasteiger charge is -2.24. The average molecular weight is 282 g/mol. The third-order valence-electron chi connectivity index (χ3n) is 3.37. The number of nitrogens with zero attached hydrogens (tertiary/aromatic N) is 2. The highest BCUT2D eigenvalue weighted by Crippen LogP contribution is 2.39. The topological polar surface area (TPSA) is 37.8 Å². The third-order valence-corrected chi connectivity index (χ3v) is 3.98. The molecule has 3 rings (SSSR count). The lowest BCUT2D eigenvalue weighted by molar-refractivity contribution is 0.402. The fourth-order valence-electron chi connectivity index (χ4n) is 2.26. The van der Waals surface area contributed by atoms with Crippen LogP contribution < -0.4 is 5.32 Å². The van der Waals surface area contributed by atoms with Gasteiger partial charge in [-0.15, -0.1) is 0 Å². The van der Waals surface area contributed by atoms with Crippen molar-refractivity contribution < 1.29 is 0 Å². The Hall–Kier alpha value is -0.480. The molecule has 1 aliphatic carbocycles. The highest BCUT2D eigenvalue weighted by Gasteiger charge is 2.28. The van der Waals surface area contributed by atoms with E-state index in [0.717, 1.165) is 22.5 Å². The van der Waals surface area contributed by atoms with Crippen LogP contribution in [0.15, 0.2) is 10.7 Å². The lowest BCUT2D eigenvalue weighted by atomic mass is 10.0. The molecule has 0 amide bonds. The Morgan fingerprint density at radius 1 is 1.25 bits per heavy atom. The molecule has 0 bridgehead atoms. The van der Waals surface area contributed by atoms with Crippen LogP contribution in [-0.2, 0) is 0 Å². The van der Waals surface area contributed by atoms with Crippen molar-refractivity contribution >= 4 is 15.9 Å². The van der Waals surface area contributed by atoms with Crippen molar-refractivity contribution in [3.8, 4) is 0 Å². The molecule has 1 saturated heterocycles. The smallest absolute Gasteiger partial charge is 0.131 e. The second-order valence-corrected chi connectivity index (χ2v) is 5.59. The minimum atomic E-state index is 0.420. The maximum atomic E-state index is 4.74. The average Bonchev–Trinajstić information content (AvgIpc) is 3.15. The van der Waals surface area contributed by atoms with Crippen molar-refractivity contribution in [2.75, 3.05) is 6.54 Å². The van der Waals surface area contributed by atoms with Crippen molar-refractivity contribution in [3.05, 3.63) is 22.2 Å². The van der Waals surface area contributed by atoms with Crippen molar-refractivity contribution in [2.45, 2.75) is 44.1 Å². The summed E-state index contributed by atoms with van der Waals surface area (Å²) in [5.74, 6) is 1.68. The van der Waals surface area contributed by atoms with Crippen molar-refractivity contribution in [1.82, 2.24) is 15.3 Å². The van der Waals surface area contributed by atoms with E-state index in [1.54, 1.807) is 0 Å². The van der Waals surface area contributed by atoms with Crippen LogP contribution in [-0.4, -0.2) is 16.5 Å². The van der Waals surface area contributed by atoms with Gasteiger partial charge < -0.3 is 5.32 Å². The number of aromatic nitrogens is 2. The fourth-order valence-corrected chi connectivity index (χ4v) is 2.73. The summed E-state index contributed by atoms with van der Waals surface area (Å²) >= 11 is 3.57. The van der Waals surface area contributed by atoms with Gasteiger partial charge in [0.2, 0.25) is 0 Å². The molecule has 1 unspecified atom stereocenters. The van der Waals surface area contributed by atoms with Crippen LogP contribution in [0.4, 0.5) is 0 Å². The van der Waals surface area contributed by atoms with Gasteiger partial charge in [-0.3, -0.25) is 0 Å². The fraction of sp³-hybridized carbons (Fsp3) is 0.667. The van der Waals surface area contributed by atoms with Crippen LogP contribution in [0.3, 0.4) is 0 Å². The third kappa shape index (κ3) is 2.13. The molecular weight excluding hydrogens is 266 g/mol. The van der Waals surface area contributed by atoms with E-state index in [2.05, 4.69) is 26.2 Å². The van der Waals surface area contributed by atoms with E-state index in [0.29, 0.717) is 12.0 Å². The van der Waals surface area contributed by atoms with Gasteiger partial charge in [-0.1, -0.05) is 6.42 Å². The monoisotopic (exact) mass is 281 g/mol. The van der Waals surface area contributed by atoms with Crippen LogP contribution in [0.1, 0.15) is 55.6 Å². The zero-order valence-electron chi connectivity index (χ0n) is 9.25. The van der Waals surface area contributed by atoms with E-state index in [-0.39, 0.29) is 0 Å². The van der Waals surface area contributed by atoms with Gasteiger partial charge in [0, 0.05) is 12.1 Å². The summed E-state index contributed by atoms with van der Waals surface area (Å²) in [7, 11) is 0. The highest BCUT2D eigenvalue weighted by molar-refractivity contribution is 9.10. The molecule has 0 radical (unpaired) electrons. The molecule has 2 aliphatic rings. The molecule has 2 heterocycles. The van der Waals surface area contributed by atoms with Crippen LogP contribution >= 0.6 is 15.9 Å². The zero-order valence-corrected chi connectivity index (χ0v) is 10.8. The second-order valence-electron chi connectivity index (χ2n) is 4.74. The molecule has 3 nitrogen and oxygen atoms in total. The van der Waals surface area contributed by atoms with E-state index in [1.165, 1.54) is 32.1 Å². The highest BCUT2D eigenvalue weighted by atomic mass is 79.9. The number of nitrogens with one attached hydrogen (secondary N) is 1. The van der Waals surface area contributed by atoms with Gasteiger partial charge in [0.25, 0.3) is 0 Å². The molecule has 1 N–H and O–H groups in total. The molecule has 4 heteroatoms. The minimum Gasteiger partial charge on any atom is -0.309 e. The Morgan fingerprint density at radius 3 is 2.81 bits per heavy atom. The van der Waals surface area contributed by atoms with E-state index in [9.17, 15) is 0 Å². The van der Waals surface area contributed by atoms with E-state index in [1.807, 2.05) is 6.20 Å². The summed E-state index contributed by atoms with van der Waals surface area (Å²) in [6.07, 6.45) is 8.23. The van der Waals surface area contributed by atoms with Gasteiger partial charge in [0.1, 0.15) is 5.82 Å². The summed E-state index contributed by atoms with van der Waals surface area (Å²) in [5.41, 5.74) is 1.16. The number of rotatable bonds is 2. The molecule has 86 valence electrons. The molecule has 1 saturated carbocycles. The quantitative estimate of drug-likeness (QED) is 0.906. The SMILES string of the molecule is Brc1cnc(C2CC2)nc1C1CCCCN1. The summed E-state index contributed by atoms with van der Waals surface area (Å²) in [5, 5.41) is 3.54. The number of hydrogen-bond donors (Lipinski definition) is 1. The Kier molecular flexibility index (Phi) is 2.94. The zero-order chi connectivity index (χ0) is 11.0. The lowest BCUT2D eigenvalue weighted by Crippen LogP contribution is -2.28. The van der Waals surface area contributed by atoms with E-state index >= 15 is 0 Å². The largest absolute Gasteiger partial charge is 0.309 e. The molecule has 1 atom stereocenters. The number of hydrogen-bond acceptors (Lipinski definition) is 3. The molecule has 0 spiro atoms. The molecule has 1 aliphatic heterocycles. The summed E-state index contributed by atoms with van der Waals surface area (Å²) < 4.78 is 1.05. The Bertz CT molecular complexity index is 384. The van der Waals surface area contributed by atoms with Crippen molar-refractivity contribution in [3.63, 3.8) is 0 Å². The summed E-state index contributed by atoms with van der Waals surface area (Å²) in [6, 6.07) is 0.420. The van der Waals surface area contributed by atoms with Crippen LogP contribution in [0.5, 0.6) is 0 Å². The van der Waals surface area contributed by atoms with Gasteiger partial charge in [0.15, 0.2) is 0 Å². The van der Waals surface area contributed by atoms with Gasteiger partial charge in [-0.05, 0) is 48.2 Å². The number of piperidine rings is 1. The standard InChI is InChI=1S/C12H16BrN3/c13-9-7-15-12(8-4-5-8)16-11(9)10-3-1-2-6-14-10/h7-8,10,14H,1-6H2. The first-order valence-corrected chi connectivity index (χ1v) is 6.89. The van der Waals surface area contributed by atoms with Gasteiger partial charge in [0.05, 0.1) is 16.2 Å². The second kappa shape index (κ2) is 4.41. The Morgan fingerprint density at radius 2 is 2.12 bits per heavy atom. The predicted octanol–water partition coefficient (Wildman–Crippen LogP) is 2.93. The molecule has 2 fully saturated rings. The number of halogens is 1. The normalized spacial score (nSPS) is 25.7. The van der Waals surface area contributed by atoms with Crippen LogP contribution in [0.25, 0.3) is 0 Å². The predicted molar refractivity (Wildman–Crippen MR) is 66.3 cm³/mol. The van der Waals surface area contributed by atoms with Gasteiger partial charge >= 0.3 is 0 Å². The minimum absolute atomic E-state index is 0.420. The molecule has 16 heavy (non-hydrogen) atoms. The Labute approximate surface area is 104 Å². The molecule has 1 aromatic rings. The molecule has 1 aromatic heterocycles. The first-order chi connectivity index (χ1) is 7.84. The summed E-state index contributed by atoms with van der Waals surface area (Å²) in [6.45, 7) is 1.11. The van der Waals surface area contributed by atoms with E-state index < -0.39 is 0 Å². The van der Waals surface area contributed by atoms with E-state index in [4.69, 9.17) is 4.98 Å². The Balaban J connectivity index is 1.88. The van der Waals surface area contributed by atoms with Crippen LogP contribution in [0.2, 0.25) is 0 Å². The van der Waals surface area contributed by atoms with Crippen molar-refractivity contribution in [2.24, 2.45) is 0 Å². The van der Waals surface area contributed by atoms with Gasteiger partial charge in [-0.2, -0.15) is 0 Å². The first kappa shape index (κ1) is 10.7. The molecular formula is C12H16BrN3. The van der Waals surface area contributed by atoms with Crippen LogP contribution in [0, 0.1) is 0 Å². The van der Waals surface area contributed by atoms with Gasteiger partial charge in [-0.25, -0.2) is 9.97 Å².